The molecule has 0 saturated carbocycles. The second kappa shape index (κ2) is 6.11. The topological polar surface area (TPSA) is 113 Å². The quantitative estimate of drug-likeness (QED) is 0.778. The van der Waals surface area contributed by atoms with E-state index in [1.807, 2.05) is 0 Å². The minimum Gasteiger partial charge on any atom is -0.480 e. The Balaban J connectivity index is 1.79. The lowest BCUT2D eigenvalue weighted by atomic mass is 9.89. The van der Waals surface area contributed by atoms with Crippen LogP contribution in [0.3, 0.4) is 0 Å². The van der Waals surface area contributed by atoms with Crippen molar-refractivity contribution in [1.29, 1.82) is 0 Å². The van der Waals surface area contributed by atoms with Gasteiger partial charge in [-0.2, -0.15) is 5.10 Å². The van der Waals surface area contributed by atoms with Crippen LogP contribution in [0.1, 0.15) is 17.9 Å². The molecule has 0 aliphatic carbocycles. The molecule has 0 radical (unpaired) electrons. The Morgan fingerprint density at radius 2 is 2.21 bits per heavy atom. The van der Waals surface area contributed by atoms with Gasteiger partial charge in [-0.25, -0.2) is 4.39 Å². The van der Waals surface area contributed by atoms with Crippen molar-refractivity contribution in [3.63, 3.8) is 0 Å². The smallest absolute Gasteiger partial charge is 0.325 e. The minimum atomic E-state index is -1.06. The average Bonchev–Trinajstić information content (AvgIpc) is 2.92. The summed E-state index contributed by atoms with van der Waals surface area (Å²) in [7, 11) is 0. The molecule has 2 amide bonds. The highest BCUT2D eigenvalue weighted by atomic mass is 19.1. The van der Waals surface area contributed by atoms with Crippen LogP contribution in [-0.4, -0.2) is 32.7 Å². The lowest BCUT2D eigenvalue weighted by Crippen LogP contribution is -2.31. The van der Waals surface area contributed by atoms with Gasteiger partial charge < -0.3 is 15.7 Å². The van der Waals surface area contributed by atoms with Crippen molar-refractivity contribution in [3.05, 3.63) is 41.8 Å². The normalized spacial score (nSPS) is 16.2. The number of amides is 2. The predicted octanol–water partition coefficient (Wildman–Crippen LogP) is 1.17. The summed E-state index contributed by atoms with van der Waals surface area (Å²) in [5.41, 5.74) is 0.779. The van der Waals surface area contributed by atoms with E-state index in [-0.39, 0.29) is 30.4 Å². The fourth-order valence-corrected chi connectivity index (χ4v) is 2.54. The van der Waals surface area contributed by atoms with Crippen LogP contribution in [0.5, 0.6) is 0 Å². The number of aliphatic carboxylic acids is 1. The summed E-state index contributed by atoms with van der Waals surface area (Å²) in [6.45, 7) is -0.330. The summed E-state index contributed by atoms with van der Waals surface area (Å²) in [6.07, 6.45) is 1.35. The molecule has 2 heterocycles. The van der Waals surface area contributed by atoms with E-state index < -0.39 is 23.6 Å². The predicted molar refractivity (Wildman–Crippen MR) is 80.9 cm³/mol. The number of carboxylic acid groups (broad SMARTS) is 1. The van der Waals surface area contributed by atoms with Crippen LogP contribution in [0.15, 0.2) is 30.5 Å². The second-order valence-electron chi connectivity index (χ2n) is 5.32. The summed E-state index contributed by atoms with van der Waals surface area (Å²) >= 11 is 0. The number of hydrogen-bond donors (Lipinski definition) is 3. The van der Waals surface area contributed by atoms with Gasteiger partial charge in [0.2, 0.25) is 11.8 Å². The fourth-order valence-electron chi connectivity index (χ4n) is 2.54. The van der Waals surface area contributed by atoms with Crippen LogP contribution in [0.2, 0.25) is 0 Å². The van der Waals surface area contributed by atoms with Crippen molar-refractivity contribution >= 4 is 29.3 Å². The Morgan fingerprint density at radius 3 is 2.96 bits per heavy atom. The Bertz CT molecular complexity index is 833. The van der Waals surface area contributed by atoms with Gasteiger partial charge >= 0.3 is 5.97 Å². The second-order valence-corrected chi connectivity index (χ2v) is 5.32. The Labute approximate surface area is 135 Å². The Kier molecular flexibility index (Phi) is 3.98. The number of nitrogens with zero attached hydrogens (tertiary/aromatic N) is 2. The third kappa shape index (κ3) is 3.24. The van der Waals surface area contributed by atoms with Gasteiger partial charge in [0.15, 0.2) is 5.82 Å². The maximum atomic E-state index is 13.3. The number of fused-ring (bicyclic) bond motifs is 1. The van der Waals surface area contributed by atoms with Crippen molar-refractivity contribution in [2.45, 2.75) is 18.9 Å². The van der Waals surface area contributed by atoms with Crippen molar-refractivity contribution in [2.75, 3.05) is 10.6 Å². The third-order valence-electron chi connectivity index (χ3n) is 3.56. The number of benzene rings is 1. The van der Waals surface area contributed by atoms with Crippen LogP contribution in [0.4, 0.5) is 15.9 Å². The number of carbonyl (C=O) groups excluding carboxylic acids is 2. The third-order valence-corrected chi connectivity index (χ3v) is 3.56. The molecule has 1 aromatic heterocycles. The van der Waals surface area contributed by atoms with E-state index in [4.69, 9.17) is 5.11 Å². The van der Waals surface area contributed by atoms with Gasteiger partial charge in [-0.1, -0.05) is 6.07 Å². The summed E-state index contributed by atoms with van der Waals surface area (Å²) in [4.78, 5) is 34.8. The van der Waals surface area contributed by atoms with Gasteiger partial charge in [0, 0.05) is 24.4 Å². The largest absolute Gasteiger partial charge is 0.480 e. The number of rotatable bonds is 4. The summed E-state index contributed by atoms with van der Waals surface area (Å²) in [6, 6.07) is 5.29. The summed E-state index contributed by atoms with van der Waals surface area (Å²) in [5.74, 6) is -3.03. The van der Waals surface area contributed by atoms with Crippen LogP contribution in [0, 0.1) is 5.82 Å². The van der Waals surface area contributed by atoms with Crippen LogP contribution in [0.25, 0.3) is 0 Å². The van der Waals surface area contributed by atoms with E-state index in [9.17, 15) is 18.8 Å². The molecule has 24 heavy (non-hydrogen) atoms. The molecule has 0 fully saturated rings. The Hall–Kier alpha value is -3.23. The number of aromatic nitrogens is 2. The van der Waals surface area contributed by atoms with Gasteiger partial charge in [-0.15, -0.1) is 0 Å². The molecule has 1 unspecified atom stereocenters. The van der Waals surface area contributed by atoms with Crippen LogP contribution in [-0.2, 0) is 20.9 Å². The molecule has 1 aliphatic rings. The first-order chi connectivity index (χ1) is 11.4. The van der Waals surface area contributed by atoms with Crippen LogP contribution < -0.4 is 10.6 Å². The standard InChI is InChI=1S/C15H13FN4O4/c16-8-1-2-9-10(6-13(21)17-11(9)5-8)15(24)18-12-3-4-20(19-12)7-14(22)23/h1-5,10H,6-7H2,(H,17,21)(H,22,23)(H,18,19,24). The Morgan fingerprint density at radius 1 is 1.42 bits per heavy atom. The molecule has 8 nitrogen and oxygen atoms in total. The number of nitrogens with one attached hydrogen (secondary N) is 2. The summed E-state index contributed by atoms with van der Waals surface area (Å²) < 4.78 is 14.5. The molecule has 0 saturated heterocycles. The SMILES string of the molecule is O=C(O)Cn1ccc(NC(=O)C2CC(=O)Nc3cc(F)ccc32)n1. The highest BCUT2D eigenvalue weighted by Crippen LogP contribution is 2.33. The summed E-state index contributed by atoms with van der Waals surface area (Å²) in [5, 5.41) is 17.7. The van der Waals surface area contributed by atoms with E-state index in [0.29, 0.717) is 5.56 Å². The monoisotopic (exact) mass is 332 g/mol. The maximum Gasteiger partial charge on any atom is 0.325 e. The molecule has 0 bridgehead atoms. The van der Waals surface area contributed by atoms with E-state index in [1.165, 1.54) is 24.4 Å². The number of hydrogen-bond acceptors (Lipinski definition) is 4. The minimum absolute atomic E-state index is 0.0691. The van der Waals surface area contributed by atoms with Gasteiger partial charge in [0.25, 0.3) is 0 Å². The first kappa shape index (κ1) is 15.7. The zero-order chi connectivity index (χ0) is 17.3. The zero-order valence-electron chi connectivity index (χ0n) is 12.3. The van der Waals surface area contributed by atoms with Crippen molar-refractivity contribution in [2.24, 2.45) is 0 Å². The maximum absolute atomic E-state index is 13.3. The molecule has 3 rings (SSSR count). The van der Waals surface area contributed by atoms with Crippen molar-refractivity contribution < 1.29 is 23.9 Å². The zero-order valence-corrected chi connectivity index (χ0v) is 12.3. The van der Waals surface area contributed by atoms with Gasteiger partial charge in [0.1, 0.15) is 12.4 Å². The van der Waals surface area contributed by atoms with Gasteiger partial charge in [-0.3, -0.25) is 19.1 Å². The van der Waals surface area contributed by atoms with E-state index in [0.717, 1.165) is 10.7 Å². The lowest BCUT2D eigenvalue weighted by Gasteiger charge is -2.24. The van der Waals surface area contributed by atoms with Crippen molar-refractivity contribution in [1.82, 2.24) is 9.78 Å². The first-order valence-electron chi connectivity index (χ1n) is 7.08. The molecular formula is C15H13FN4O4. The molecule has 2 aromatic rings. The number of carboxylic acids is 1. The molecule has 9 heteroatoms. The molecule has 1 aliphatic heterocycles. The number of anilines is 2. The van der Waals surface area contributed by atoms with E-state index in [1.54, 1.807) is 0 Å². The highest BCUT2D eigenvalue weighted by molar-refractivity contribution is 6.04. The molecule has 1 atom stereocenters. The average molecular weight is 332 g/mol. The number of carbonyl (C=O) groups is 3. The molecule has 0 spiro atoms. The van der Waals surface area contributed by atoms with Gasteiger partial charge in [-0.05, 0) is 17.7 Å². The first-order valence-corrected chi connectivity index (χ1v) is 7.08. The number of halogens is 1. The van der Waals surface area contributed by atoms with Crippen LogP contribution >= 0.6 is 0 Å². The van der Waals surface area contributed by atoms with E-state index >= 15 is 0 Å². The lowest BCUT2D eigenvalue weighted by molar-refractivity contribution is -0.137. The molecule has 3 N–H and O–H groups in total. The van der Waals surface area contributed by atoms with E-state index in [2.05, 4.69) is 15.7 Å². The van der Waals surface area contributed by atoms with Gasteiger partial charge in [0.05, 0.1) is 5.92 Å². The van der Waals surface area contributed by atoms with Crippen molar-refractivity contribution in [3.8, 4) is 0 Å². The highest BCUT2D eigenvalue weighted by Gasteiger charge is 2.31. The molecule has 124 valence electrons. The molecular weight excluding hydrogens is 319 g/mol. The fraction of sp³-hybridized carbons (Fsp3) is 0.200. The molecule has 1 aromatic carbocycles.